The fourth-order valence-corrected chi connectivity index (χ4v) is 4.15. The summed E-state index contributed by atoms with van der Waals surface area (Å²) in [5.74, 6) is -2.20. The molecule has 8 nitrogen and oxygen atoms in total. The quantitative estimate of drug-likeness (QED) is 0.370. The van der Waals surface area contributed by atoms with Crippen molar-refractivity contribution in [2.75, 3.05) is 23.0 Å². The lowest BCUT2D eigenvalue weighted by atomic mass is 10.1. The normalized spacial score (nSPS) is 12.2. The molecule has 3 amide bonds. The zero-order valence-electron chi connectivity index (χ0n) is 19.9. The molecule has 0 unspecified atom stereocenters. The number of hydrogen-bond donors (Lipinski definition) is 0. The number of rotatable bonds is 7. The Balaban J connectivity index is 1.49. The molecule has 0 spiro atoms. The fourth-order valence-electron chi connectivity index (χ4n) is 4.15. The molecule has 8 heteroatoms. The average Bonchev–Trinajstić information content (AvgIpc) is 3.12. The first kappa shape index (κ1) is 24.4. The van der Waals surface area contributed by atoms with Gasteiger partial charge in [0.05, 0.1) is 34.9 Å². The zero-order chi connectivity index (χ0) is 25.8. The molecule has 1 heterocycles. The number of nitriles is 1. The monoisotopic (exact) mass is 481 g/mol. The number of amides is 3. The number of fused-ring (bicyclic) bond motifs is 1. The van der Waals surface area contributed by atoms with Crippen molar-refractivity contribution in [3.8, 4) is 6.07 Å². The molecule has 4 rings (SSSR count). The SMILES string of the molecule is Cc1cc(C)cc(N(CCC#N)C(=O)COC(=O)c2cccc(N3C(=O)c4ccccc4C3=O)c2)c1. The third kappa shape index (κ3) is 4.86. The van der Waals surface area contributed by atoms with Crippen LogP contribution in [-0.2, 0) is 9.53 Å². The van der Waals surface area contributed by atoms with Crippen LogP contribution in [-0.4, -0.2) is 36.8 Å². The van der Waals surface area contributed by atoms with Gasteiger partial charge in [-0.2, -0.15) is 5.26 Å². The molecule has 0 fully saturated rings. The molecule has 0 aliphatic carbocycles. The van der Waals surface area contributed by atoms with Gasteiger partial charge >= 0.3 is 5.97 Å². The standard InChI is InChI=1S/C28H23N3O5/c1-18-13-19(2)15-22(14-18)30(12-6-11-29)25(32)17-36-28(35)20-7-5-8-21(16-20)31-26(33)23-9-3-4-10-24(23)27(31)34/h3-5,7-10,13-16H,6,12,17H2,1-2H3. The van der Waals surface area contributed by atoms with E-state index in [9.17, 15) is 19.2 Å². The van der Waals surface area contributed by atoms with E-state index in [1.165, 1.54) is 23.1 Å². The molecular formula is C28H23N3O5. The second kappa shape index (κ2) is 10.2. The van der Waals surface area contributed by atoms with Crippen molar-refractivity contribution in [1.29, 1.82) is 5.26 Å². The van der Waals surface area contributed by atoms with E-state index in [2.05, 4.69) is 0 Å². The maximum atomic E-state index is 12.9. The Morgan fingerprint density at radius 3 is 2.17 bits per heavy atom. The van der Waals surface area contributed by atoms with E-state index in [4.69, 9.17) is 10.00 Å². The number of benzene rings is 3. The Bertz CT molecular complexity index is 1370. The lowest BCUT2D eigenvalue weighted by Crippen LogP contribution is -2.35. The molecule has 1 aliphatic rings. The van der Waals surface area contributed by atoms with Crippen LogP contribution in [0.25, 0.3) is 0 Å². The van der Waals surface area contributed by atoms with Crippen LogP contribution < -0.4 is 9.80 Å². The minimum absolute atomic E-state index is 0.0897. The summed E-state index contributed by atoms with van der Waals surface area (Å²) in [6.45, 7) is 3.44. The predicted octanol–water partition coefficient (Wildman–Crippen LogP) is 4.21. The number of carbonyl (C=O) groups excluding carboxylic acids is 4. The van der Waals surface area contributed by atoms with Crippen LogP contribution in [0.5, 0.6) is 0 Å². The smallest absolute Gasteiger partial charge is 0.338 e. The molecule has 0 radical (unpaired) electrons. The molecule has 0 aromatic heterocycles. The number of esters is 1. The van der Waals surface area contributed by atoms with Gasteiger partial charge in [-0.15, -0.1) is 0 Å². The first-order chi connectivity index (χ1) is 17.3. The molecule has 3 aromatic rings. The van der Waals surface area contributed by atoms with Crippen molar-refractivity contribution >= 4 is 35.1 Å². The molecule has 1 aliphatic heterocycles. The Labute approximate surface area is 208 Å². The van der Waals surface area contributed by atoms with Gasteiger partial charge in [-0.3, -0.25) is 14.4 Å². The van der Waals surface area contributed by atoms with Gasteiger partial charge in [0.15, 0.2) is 6.61 Å². The highest BCUT2D eigenvalue weighted by molar-refractivity contribution is 6.34. The van der Waals surface area contributed by atoms with Gasteiger partial charge in [-0.1, -0.05) is 24.3 Å². The second-order valence-corrected chi connectivity index (χ2v) is 8.42. The predicted molar refractivity (Wildman–Crippen MR) is 133 cm³/mol. The maximum absolute atomic E-state index is 12.9. The van der Waals surface area contributed by atoms with Gasteiger partial charge < -0.3 is 9.64 Å². The van der Waals surface area contributed by atoms with Crippen LogP contribution in [0.15, 0.2) is 66.7 Å². The summed E-state index contributed by atoms with van der Waals surface area (Å²) < 4.78 is 5.26. The van der Waals surface area contributed by atoms with E-state index < -0.39 is 30.3 Å². The highest BCUT2D eigenvalue weighted by atomic mass is 16.5. The number of aryl methyl sites for hydroxylation is 2. The van der Waals surface area contributed by atoms with Crippen molar-refractivity contribution in [3.63, 3.8) is 0 Å². The highest BCUT2D eigenvalue weighted by Crippen LogP contribution is 2.29. The first-order valence-corrected chi connectivity index (χ1v) is 11.3. The molecular weight excluding hydrogens is 458 g/mol. The summed E-state index contributed by atoms with van der Waals surface area (Å²) in [7, 11) is 0. The average molecular weight is 482 g/mol. The van der Waals surface area contributed by atoms with Crippen LogP contribution in [0.1, 0.15) is 48.6 Å². The lowest BCUT2D eigenvalue weighted by Gasteiger charge is -2.22. The minimum atomic E-state index is -0.775. The number of imide groups is 1. The van der Waals surface area contributed by atoms with E-state index in [0.29, 0.717) is 16.8 Å². The summed E-state index contributed by atoms with van der Waals surface area (Å²) in [5, 5.41) is 9.01. The second-order valence-electron chi connectivity index (χ2n) is 8.42. The number of hydrogen-bond acceptors (Lipinski definition) is 6. The van der Waals surface area contributed by atoms with Crippen LogP contribution in [0.2, 0.25) is 0 Å². The van der Waals surface area contributed by atoms with Crippen LogP contribution in [0.3, 0.4) is 0 Å². The minimum Gasteiger partial charge on any atom is -0.452 e. The third-order valence-corrected chi connectivity index (χ3v) is 5.73. The molecule has 0 atom stereocenters. The summed E-state index contributed by atoms with van der Waals surface area (Å²) in [5.41, 5.74) is 3.45. The van der Waals surface area contributed by atoms with Crippen LogP contribution in [0, 0.1) is 25.2 Å². The molecule has 0 saturated carbocycles. The van der Waals surface area contributed by atoms with E-state index in [1.807, 2.05) is 38.1 Å². The molecule has 3 aromatic carbocycles. The highest BCUT2D eigenvalue weighted by Gasteiger charge is 2.36. The van der Waals surface area contributed by atoms with E-state index in [1.54, 1.807) is 30.3 Å². The molecule has 0 N–H and O–H groups in total. The van der Waals surface area contributed by atoms with Gasteiger partial charge in [0.2, 0.25) is 0 Å². The van der Waals surface area contributed by atoms with Gasteiger partial charge in [-0.25, -0.2) is 9.69 Å². The molecule has 0 bridgehead atoms. The summed E-state index contributed by atoms with van der Waals surface area (Å²) in [6.07, 6.45) is 0.120. The first-order valence-electron chi connectivity index (χ1n) is 11.3. The topological polar surface area (TPSA) is 108 Å². The maximum Gasteiger partial charge on any atom is 0.338 e. The van der Waals surface area contributed by atoms with Crippen molar-refractivity contribution < 1.29 is 23.9 Å². The Kier molecular flexibility index (Phi) is 6.93. The summed E-state index contributed by atoms with van der Waals surface area (Å²) in [6, 6.07) is 20.1. The van der Waals surface area contributed by atoms with E-state index in [-0.39, 0.29) is 24.2 Å². The van der Waals surface area contributed by atoms with Crippen molar-refractivity contribution in [3.05, 3.63) is 94.5 Å². The molecule has 36 heavy (non-hydrogen) atoms. The molecule has 180 valence electrons. The Hall–Kier alpha value is -4.77. The summed E-state index contributed by atoms with van der Waals surface area (Å²) in [4.78, 5) is 53.6. The van der Waals surface area contributed by atoms with Gasteiger partial charge in [0, 0.05) is 12.2 Å². The van der Waals surface area contributed by atoms with Gasteiger partial charge in [0.25, 0.3) is 17.7 Å². The summed E-state index contributed by atoms with van der Waals surface area (Å²) >= 11 is 0. The van der Waals surface area contributed by atoms with E-state index >= 15 is 0 Å². The van der Waals surface area contributed by atoms with Crippen LogP contribution in [0.4, 0.5) is 11.4 Å². The van der Waals surface area contributed by atoms with Crippen molar-refractivity contribution in [2.24, 2.45) is 0 Å². The van der Waals surface area contributed by atoms with Crippen molar-refractivity contribution in [2.45, 2.75) is 20.3 Å². The van der Waals surface area contributed by atoms with E-state index in [0.717, 1.165) is 16.0 Å². The van der Waals surface area contributed by atoms with Gasteiger partial charge in [0.1, 0.15) is 0 Å². The number of anilines is 2. The van der Waals surface area contributed by atoms with Crippen LogP contribution >= 0.6 is 0 Å². The fraction of sp³-hybridized carbons (Fsp3) is 0.179. The largest absolute Gasteiger partial charge is 0.452 e. The Morgan fingerprint density at radius 2 is 1.56 bits per heavy atom. The zero-order valence-corrected chi connectivity index (χ0v) is 19.9. The molecule has 0 saturated heterocycles. The Morgan fingerprint density at radius 1 is 0.917 bits per heavy atom. The number of carbonyl (C=O) groups is 4. The lowest BCUT2D eigenvalue weighted by molar-refractivity contribution is -0.121. The number of ether oxygens (including phenoxy) is 1. The number of nitrogens with zero attached hydrogens (tertiary/aromatic N) is 3. The van der Waals surface area contributed by atoms with Crippen molar-refractivity contribution in [1.82, 2.24) is 0 Å². The van der Waals surface area contributed by atoms with Gasteiger partial charge in [-0.05, 0) is 67.4 Å². The third-order valence-electron chi connectivity index (χ3n) is 5.73.